The van der Waals surface area contributed by atoms with Crippen molar-refractivity contribution < 1.29 is 13.7 Å². The Morgan fingerprint density at radius 1 is 1.21 bits per heavy atom. The van der Waals surface area contributed by atoms with Gasteiger partial charge >= 0.3 is 0 Å². The van der Waals surface area contributed by atoms with E-state index >= 15 is 0 Å². The lowest BCUT2D eigenvalue weighted by atomic mass is 10.1. The minimum Gasteiger partial charge on any atom is -0.339 e. The normalized spacial score (nSPS) is 13.5. The molecule has 0 spiro atoms. The first-order valence-electron chi connectivity index (χ1n) is 11.1. The van der Waals surface area contributed by atoms with Crippen LogP contribution in [0.4, 0.5) is 10.1 Å². The van der Waals surface area contributed by atoms with Crippen LogP contribution in [0.5, 0.6) is 0 Å². The lowest BCUT2D eigenvalue weighted by Gasteiger charge is -2.10. The molecular formula is C23H23FN6O2S. The van der Waals surface area contributed by atoms with E-state index in [2.05, 4.69) is 30.2 Å². The number of hydrogen-bond donors (Lipinski definition) is 1. The number of carbonyl (C=O) groups is 1. The third-order valence-electron chi connectivity index (χ3n) is 5.61. The third kappa shape index (κ3) is 4.85. The van der Waals surface area contributed by atoms with Gasteiger partial charge in [0.25, 0.3) is 0 Å². The fraction of sp³-hybridized carbons (Fsp3) is 0.348. The first kappa shape index (κ1) is 21.4. The second-order valence-corrected chi connectivity index (χ2v) is 8.94. The summed E-state index contributed by atoms with van der Waals surface area (Å²) in [5.41, 5.74) is 0.876. The number of aromatic nitrogens is 5. The Morgan fingerprint density at radius 3 is 3.03 bits per heavy atom. The first-order valence-corrected chi connectivity index (χ1v) is 11.9. The summed E-state index contributed by atoms with van der Waals surface area (Å²) in [6.07, 6.45) is 5.41. The summed E-state index contributed by atoms with van der Waals surface area (Å²) in [4.78, 5) is 17.7. The minimum absolute atomic E-state index is 0.140. The van der Waals surface area contributed by atoms with Gasteiger partial charge in [0, 0.05) is 31.4 Å². The summed E-state index contributed by atoms with van der Waals surface area (Å²) in [6.45, 7) is 0.848. The third-order valence-corrected chi connectivity index (χ3v) is 6.48. The van der Waals surface area contributed by atoms with Crippen molar-refractivity contribution in [3.8, 4) is 22.1 Å². The molecule has 8 nitrogen and oxygen atoms in total. The smallest absolute Gasteiger partial charge is 0.226 e. The van der Waals surface area contributed by atoms with E-state index in [1.165, 1.54) is 17.4 Å². The summed E-state index contributed by atoms with van der Waals surface area (Å²) in [6, 6.07) is 8.50. The molecule has 4 heterocycles. The molecule has 0 radical (unpaired) electrons. The van der Waals surface area contributed by atoms with E-state index in [0.717, 1.165) is 48.5 Å². The Hall–Kier alpha value is -3.40. The molecule has 3 aromatic heterocycles. The molecule has 10 heteroatoms. The summed E-state index contributed by atoms with van der Waals surface area (Å²) >= 11 is 1.53. The molecule has 1 N–H and O–H groups in total. The molecule has 0 unspecified atom stereocenters. The maximum Gasteiger partial charge on any atom is 0.226 e. The molecule has 0 atom stereocenters. The van der Waals surface area contributed by atoms with E-state index in [1.54, 1.807) is 12.1 Å². The van der Waals surface area contributed by atoms with Gasteiger partial charge in [-0.25, -0.2) is 4.39 Å². The molecule has 5 rings (SSSR count). The molecule has 0 bridgehead atoms. The van der Waals surface area contributed by atoms with E-state index in [0.29, 0.717) is 30.4 Å². The molecule has 4 aromatic rings. The van der Waals surface area contributed by atoms with Gasteiger partial charge in [0.2, 0.25) is 17.6 Å². The number of rotatable bonds is 7. The molecule has 0 saturated carbocycles. The number of thiophene rings is 1. The van der Waals surface area contributed by atoms with Gasteiger partial charge in [-0.1, -0.05) is 17.6 Å². The standard InChI is InChI=1S/C23H23FN6O2S/c24-16-11-10-15(23-28-27-19-7-2-1-3-12-30(19)23)14-17(16)25-20(31)8-4-9-21-26-22(29-32-21)18-6-5-13-33-18/h5-6,10-11,13-14H,1-4,7-9,12H2,(H,25,31). The van der Waals surface area contributed by atoms with Gasteiger partial charge in [-0.2, -0.15) is 4.98 Å². The van der Waals surface area contributed by atoms with Gasteiger partial charge < -0.3 is 14.4 Å². The van der Waals surface area contributed by atoms with Crippen molar-refractivity contribution in [3.05, 3.63) is 53.2 Å². The zero-order valence-corrected chi connectivity index (χ0v) is 18.8. The average molecular weight is 467 g/mol. The van der Waals surface area contributed by atoms with Gasteiger partial charge in [-0.3, -0.25) is 4.79 Å². The van der Waals surface area contributed by atoms with Crippen molar-refractivity contribution in [2.45, 2.75) is 51.5 Å². The summed E-state index contributed by atoms with van der Waals surface area (Å²) < 4.78 is 21.8. The number of benzene rings is 1. The van der Waals surface area contributed by atoms with Gasteiger partial charge in [-0.05, 0) is 48.9 Å². The predicted octanol–water partition coefficient (Wildman–Crippen LogP) is 4.88. The van der Waals surface area contributed by atoms with Crippen LogP contribution in [0.15, 0.2) is 40.2 Å². The van der Waals surface area contributed by atoms with Crippen LogP contribution in [0.1, 0.15) is 43.8 Å². The number of nitrogens with zero attached hydrogens (tertiary/aromatic N) is 5. The Morgan fingerprint density at radius 2 is 2.15 bits per heavy atom. The second-order valence-electron chi connectivity index (χ2n) is 7.99. The van der Waals surface area contributed by atoms with E-state index < -0.39 is 5.82 Å². The van der Waals surface area contributed by atoms with Crippen LogP contribution in [-0.2, 0) is 24.2 Å². The number of carbonyl (C=O) groups excluding carboxylic acids is 1. The molecule has 0 aliphatic carbocycles. The second kappa shape index (κ2) is 9.62. The molecule has 0 fully saturated rings. The van der Waals surface area contributed by atoms with Crippen LogP contribution >= 0.6 is 11.3 Å². The summed E-state index contributed by atoms with van der Waals surface area (Å²) in [5.74, 6) is 1.94. The Kier molecular flexibility index (Phi) is 6.25. The minimum atomic E-state index is -0.486. The van der Waals surface area contributed by atoms with E-state index in [-0.39, 0.29) is 18.0 Å². The number of hydrogen-bond acceptors (Lipinski definition) is 7. The van der Waals surface area contributed by atoms with Gasteiger partial charge in [-0.15, -0.1) is 21.5 Å². The SMILES string of the molecule is O=C(CCCc1nc(-c2cccs2)no1)Nc1cc(-c2nnc3n2CCCCC3)ccc1F. The first-order chi connectivity index (χ1) is 16.2. The Bertz CT molecular complexity index is 1250. The maximum absolute atomic E-state index is 14.4. The number of fused-ring (bicyclic) bond motifs is 1. The maximum atomic E-state index is 14.4. The Balaban J connectivity index is 1.21. The van der Waals surface area contributed by atoms with Crippen molar-refractivity contribution >= 4 is 22.9 Å². The largest absolute Gasteiger partial charge is 0.339 e. The van der Waals surface area contributed by atoms with Gasteiger partial charge in [0.05, 0.1) is 10.6 Å². The fourth-order valence-corrected chi connectivity index (χ4v) is 4.58. The highest BCUT2D eigenvalue weighted by atomic mass is 32.1. The van der Waals surface area contributed by atoms with E-state index in [9.17, 15) is 9.18 Å². The molecule has 170 valence electrons. The topological polar surface area (TPSA) is 98.7 Å². The molecule has 1 aliphatic rings. The van der Waals surface area contributed by atoms with Crippen LogP contribution in [0.2, 0.25) is 0 Å². The zero-order chi connectivity index (χ0) is 22.6. The van der Waals surface area contributed by atoms with Gasteiger partial charge in [0.1, 0.15) is 11.6 Å². The number of anilines is 1. The van der Waals surface area contributed by atoms with E-state index in [4.69, 9.17) is 4.52 Å². The molecule has 1 aliphatic heterocycles. The monoisotopic (exact) mass is 466 g/mol. The quantitative estimate of drug-likeness (QED) is 0.417. The highest BCUT2D eigenvalue weighted by Gasteiger charge is 2.18. The highest BCUT2D eigenvalue weighted by Crippen LogP contribution is 2.27. The molecule has 1 aromatic carbocycles. The van der Waals surface area contributed by atoms with Crippen LogP contribution in [-0.4, -0.2) is 30.8 Å². The van der Waals surface area contributed by atoms with Crippen LogP contribution in [0, 0.1) is 5.82 Å². The van der Waals surface area contributed by atoms with Crippen molar-refractivity contribution in [1.29, 1.82) is 0 Å². The highest BCUT2D eigenvalue weighted by molar-refractivity contribution is 7.13. The van der Waals surface area contributed by atoms with Crippen molar-refractivity contribution in [2.24, 2.45) is 0 Å². The molecule has 33 heavy (non-hydrogen) atoms. The molecule has 1 amide bonds. The molecular weight excluding hydrogens is 443 g/mol. The lowest BCUT2D eigenvalue weighted by molar-refractivity contribution is -0.116. The predicted molar refractivity (Wildman–Crippen MR) is 122 cm³/mol. The van der Waals surface area contributed by atoms with Crippen LogP contribution < -0.4 is 5.32 Å². The Labute approximate surface area is 193 Å². The van der Waals surface area contributed by atoms with Crippen LogP contribution in [0.25, 0.3) is 22.1 Å². The number of amides is 1. The van der Waals surface area contributed by atoms with Crippen molar-refractivity contribution in [1.82, 2.24) is 24.9 Å². The molecule has 0 saturated heterocycles. The van der Waals surface area contributed by atoms with Crippen molar-refractivity contribution in [2.75, 3.05) is 5.32 Å². The fourth-order valence-electron chi connectivity index (χ4n) is 3.93. The van der Waals surface area contributed by atoms with Crippen molar-refractivity contribution in [3.63, 3.8) is 0 Å². The summed E-state index contributed by atoms with van der Waals surface area (Å²) in [7, 11) is 0. The lowest BCUT2D eigenvalue weighted by Crippen LogP contribution is -2.13. The number of aryl methyl sites for hydroxylation is 2. The van der Waals surface area contributed by atoms with Gasteiger partial charge in [0.15, 0.2) is 5.82 Å². The zero-order valence-electron chi connectivity index (χ0n) is 18.0. The summed E-state index contributed by atoms with van der Waals surface area (Å²) in [5, 5.41) is 17.2. The van der Waals surface area contributed by atoms with E-state index in [1.807, 2.05) is 17.5 Å². The number of halogens is 1. The van der Waals surface area contributed by atoms with Crippen LogP contribution in [0.3, 0.4) is 0 Å². The average Bonchev–Trinajstić information content (AvgIpc) is 3.55. The number of nitrogens with one attached hydrogen (secondary N) is 1.